The number of nitrogens with zero attached hydrogens (tertiary/aromatic N) is 1. The molecule has 0 aromatic heterocycles. The zero-order valence-electron chi connectivity index (χ0n) is 9.89. The highest BCUT2D eigenvalue weighted by Gasteiger charge is 2.15. The maximum absolute atomic E-state index is 12.0. The van der Waals surface area contributed by atoms with Crippen LogP contribution in [0.3, 0.4) is 0 Å². The van der Waals surface area contributed by atoms with Crippen molar-refractivity contribution in [2.45, 2.75) is 20.3 Å². The second-order valence-electron chi connectivity index (χ2n) is 4.20. The molecule has 1 rings (SSSR count). The molecule has 0 saturated heterocycles. The smallest absolute Gasteiger partial charge is 0.227 e. The number of amides is 1. The molecule has 0 spiro atoms. The second kappa shape index (κ2) is 6.28. The molecule has 1 aromatic rings. The van der Waals surface area contributed by atoms with Crippen LogP contribution in [0.1, 0.15) is 20.3 Å². The van der Waals surface area contributed by atoms with Gasteiger partial charge in [-0.1, -0.05) is 32.0 Å². The van der Waals surface area contributed by atoms with Crippen molar-refractivity contribution in [3.05, 3.63) is 30.3 Å². The predicted molar refractivity (Wildman–Crippen MR) is 65.3 cm³/mol. The van der Waals surface area contributed by atoms with Crippen molar-refractivity contribution in [1.29, 1.82) is 0 Å². The number of carbonyl (C=O) groups excluding carboxylic acids is 1. The fraction of sp³-hybridized carbons (Fsp3) is 0.462. The van der Waals surface area contributed by atoms with E-state index in [0.717, 1.165) is 5.69 Å². The zero-order chi connectivity index (χ0) is 12.0. The van der Waals surface area contributed by atoms with Gasteiger partial charge in [0.1, 0.15) is 0 Å². The third kappa shape index (κ3) is 3.66. The Hall–Kier alpha value is -1.35. The lowest BCUT2D eigenvalue weighted by Crippen LogP contribution is -2.34. The van der Waals surface area contributed by atoms with E-state index in [4.69, 9.17) is 5.11 Å². The van der Waals surface area contributed by atoms with Gasteiger partial charge in [-0.25, -0.2) is 0 Å². The summed E-state index contributed by atoms with van der Waals surface area (Å²) in [5.74, 6) is 0.396. The molecule has 0 aliphatic heterocycles. The predicted octanol–water partition coefficient (Wildman–Crippen LogP) is 2.06. The summed E-state index contributed by atoms with van der Waals surface area (Å²) in [5.41, 5.74) is 0.849. The highest BCUT2D eigenvalue weighted by Crippen LogP contribution is 2.15. The number of anilines is 1. The lowest BCUT2D eigenvalue weighted by Gasteiger charge is -2.22. The van der Waals surface area contributed by atoms with Crippen molar-refractivity contribution in [1.82, 2.24) is 0 Å². The molecule has 3 nitrogen and oxygen atoms in total. The minimum absolute atomic E-state index is 0.0151. The third-order valence-corrected chi connectivity index (χ3v) is 2.28. The standard InChI is InChI=1S/C13H19NO2/c1-11(2)10-13(16)14(8-9-15)12-6-4-3-5-7-12/h3-7,11,15H,8-10H2,1-2H3. The van der Waals surface area contributed by atoms with E-state index in [1.807, 2.05) is 44.2 Å². The van der Waals surface area contributed by atoms with E-state index >= 15 is 0 Å². The van der Waals surface area contributed by atoms with Gasteiger partial charge in [-0.15, -0.1) is 0 Å². The van der Waals surface area contributed by atoms with Gasteiger partial charge in [0.05, 0.1) is 6.61 Å². The van der Waals surface area contributed by atoms with Gasteiger partial charge in [0, 0.05) is 18.7 Å². The number of para-hydroxylation sites is 1. The Morgan fingerprint density at radius 3 is 2.44 bits per heavy atom. The Morgan fingerprint density at radius 2 is 1.94 bits per heavy atom. The van der Waals surface area contributed by atoms with Gasteiger partial charge in [0.2, 0.25) is 5.91 Å². The molecule has 3 heteroatoms. The maximum atomic E-state index is 12.0. The van der Waals surface area contributed by atoms with Crippen LogP contribution >= 0.6 is 0 Å². The van der Waals surface area contributed by atoms with Crippen LogP contribution in [0.4, 0.5) is 5.69 Å². The fourth-order valence-electron chi connectivity index (χ4n) is 1.57. The highest BCUT2D eigenvalue weighted by atomic mass is 16.3. The summed E-state index contributed by atoms with van der Waals surface area (Å²) in [7, 11) is 0. The number of carbonyl (C=O) groups is 1. The van der Waals surface area contributed by atoms with E-state index in [2.05, 4.69) is 0 Å². The normalized spacial score (nSPS) is 10.5. The van der Waals surface area contributed by atoms with Gasteiger partial charge in [0.15, 0.2) is 0 Å². The molecule has 0 bridgehead atoms. The van der Waals surface area contributed by atoms with Crippen LogP contribution in [0.15, 0.2) is 30.3 Å². The molecule has 0 fully saturated rings. The first-order chi connectivity index (χ1) is 7.65. The van der Waals surface area contributed by atoms with Crippen LogP contribution in [0, 0.1) is 5.92 Å². The van der Waals surface area contributed by atoms with Crippen LogP contribution in [-0.2, 0) is 4.79 Å². The Labute approximate surface area is 96.7 Å². The minimum atomic E-state index is -0.0151. The Bertz CT molecular complexity index is 322. The van der Waals surface area contributed by atoms with Gasteiger partial charge in [-0.3, -0.25) is 4.79 Å². The Balaban J connectivity index is 2.79. The zero-order valence-corrected chi connectivity index (χ0v) is 9.89. The van der Waals surface area contributed by atoms with Crippen molar-refractivity contribution in [2.75, 3.05) is 18.1 Å². The molecule has 1 N–H and O–H groups in total. The second-order valence-corrected chi connectivity index (χ2v) is 4.20. The van der Waals surface area contributed by atoms with Crippen molar-refractivity contribution in [3.63, 3.8) is 0 Å². The van der Waals surface area contributed by atoms with Crippen molar-refractivity contribution in [2.24, 2.45) is 5.92 Å². The van der Waals surface area contributed by atoms with Gasteiger partial charge in [0.25, 0.3) is 0 Å². The van der Waals surface area contributed by atoms with Crippen LogP contribution in [0.2, 0.25) is 0 Å². The lowest BCUT2D eigenvalue weighted by atomic mass is 10.1. The molecule has 0 atom stereocenters. The van der Waals surface area contributed by atoms with Gasteiger partial charge in [-0.2, -0.15) is 0 Å². The molecule has 88 valence electrons. The summed E-state index contributed by atoms with van der Waals surface area (Å²) in [5, 5.41) is 8.99. The molecule has 16 heavy (non-hydrogen) atoms. The molecule has 0 aliphatic carbocycles. The van der Waals surface area contributed by atoms with E-state index in [0.29, 0.717) is 18.9 Å². The molecule has 0 saturated carbocycles. The first-order valence-corrected chi connectivity index (χ1v) is 5.61. The summed E-state index contributed by atoms with van der Waals surface area (Å²) < 4.78 is 0. The summed E-state index contributed by atoms with van der Waals surface area (Å²) in [6.07, 6.45) is 0.509. The number of aliphatic hydroxyl groups excluding tert-OH is 1. The van der Waals surface area contributed by atoms with E-state index in [1.165, 1.54) is 0 Å². The Kier molecular flexibility index (Phi) is 4.99. The van der Waals surface area contributed by atoms with Crippen molar-refractivity contribution < 1.29 is 9.90 Å². The average molecular weight is 221 g/mol. The number of hydrogen-bond donors (Lipinski definition) is 1. The fourth-order valence-corrected chi connectivity index (χ4v) is 1.57. The molecular weight excluding hydrogens is 202 g/mol. The molecule has 1 aromatic carbocycles. The van der Waals surface area contributed by atoms with E-state index in [-0.39, 0.29) is 12.5 Å². The molecule has 1 amide bonds. The first kappa shape index (κ1) is 12.7. The van der Waals surface area contributed by atoms with Crippen LogP contribution in [-0.4, -0.2) is 24.2 Å². The Morgan fingerprint density at radius 1 is 1.31 bits per heavy atom. The lowest BCUT2D eigenvalue weighted by molar-refractivity contribution is -0.119. The van der Waals surface area contributed by atoms with E-state index in [1.54, 1.807) is 4.90 Å². The number of hydrogen-bond acceptors (Lipinski definition) is 2. The number of aliphatic hydroxyl groups is 1. The average Bonchev–Trinajstić information content (AvgIpc) is 2.26. The largest absolute Gasteiger partial charge is 0.395 e. The summed E-state index contributed by atoms with van der Waals surface area (Å²) in [6.45, 7) is 4.37. The summed E-state index contributed by atoms with van der Waals surface area (Å²) in [4.78, 5) is 13.6. The van der Waals surface area contributed by atoms with Crippen LogP contribution in [0.5, 0.6) is 0 Å². The van der Waals surface area contributed by atoms with Crippen LogP contribution in [0.25, 0.3) is 0 Å². The maximum Gasteiger partial charge on any atom is 0.227 e. The minimum Gasteiger partial charge on any atom is -0.395 e. The SMILES string of the molecule is CC(C)CC(=O)N(CCO)c1ccccc1. The van der Waals surface area contributed by atoms with Crippen molar-refractivity contribution >= 4 is 11.6 Å². The number of benzene rings is 1. The third-order valence-electron chi connectivity index (χ3n) is 2.28. The quantitative estimate of drug-likeness (QED) is 0.826. The summed E-state index contributed by atoms with van der Waals surface area (Å²) in [6, 6.07) is 9.46. The molecule has 0 radical (unpaired) electrons. The topological polar surface area (TPSA) is 40.5 Å². The molecule has 0 unspecified atom stereocenters. The van der Waals surface area contributed by atoms with E-state index in [9.17, 15) is 4.79 Å². The molecule has 0 heterocycles. The monoisotopic (exact) mass is 221 g/mol. The van der Waals surface area contributed by atoms with E-state index < -0.39 is 0 Å². The molecule has 0 aliphatic rings. The van der Waals surface area contributed by atoms with Crippen LogP contribution < -0.4 is 4.90 Å². The van der Waals surface area contributed by atoms with Gasteiger partial charge < -0.3 is 10.0 Å². The van der Waals surface area contributed by atoms with Crippen molar-refractivity contribution in [3.8, 4) is 0 Å². The van der Waals surface area contributed by atoms with Gasteiger partial charge in [-0.05, 0) is 18.1 Å². The first-order valence-electron chi connectivity index (χ1n) is 5.61. The number of rotatable bonds is 5. The van der Waals surface area contributed by atoms with Gasteiger partial charge >= 0.3 is 0 Å². The summed E-state index contributed by atoms with van der Waals surface area (Å²) >= 11 is 0. The highest BCUT2D eigenvalue weighted by molar-refractivity contribution is 5.93. The molecular formula is C13H19NO2.